The van der Waals surface area contributed by atoms with Crippen molar-refractivity contribution in [3.63, 3.8) is 0 Å². The van der Waals surface area contributed by atoms with Gasteiger partial charge in [0.1, 0.15) is 0 Å². The van der Waals surface area contributed by atoms with Crippen LogP contribution >= 0.6 is 24.0 Å². The van der Waals surface area contributed by atoms with Gasteiger partial charge >= 0.3 is 0 Å². The third kappa shape index (κ3) is 7.24. The number of carbonyl (C=O) groups excluding carboxylic acids is 1. The molecule has 3 fully saturated rings. The molecule has 2 saturated heterocycles. The van der Waals surface area contributed by atoms with E-state index in [0.29, 0.717) is 17.7 Å². The molecule has 0 radical (unpaired) electrons. The minimum atomic E-state index is 0. The number of aliphatic imine (C=N–C) groups is 1. The van der Waals surface area contributed by atoms with Crippen LogP contribution < -0.4 is 5.32 Å². The van der Waals surface area contributed by atoms with Crippen LogP contribution in [0.2, 0.25) is 0 Å². The number of hydrogen-bond donors (Lipinski definition) is 1. The zero-order valence-electron chi connectivity index (χ0n) is 18.3. The Morgan fingerprint density at radius 2 is 1.83 bits per heavy atom. The van der Waals surface area contributed by atoms with E-state index >= 15 is 0 Å². The Kier molecular flexibility index (Phi) is 11.0. The van der Waals surface area contributed by atoms with E-state index in [-0.39, 0.29) is 24.0 Å². The second-order valence-corrected chi connectivity index (χ2v) is 8.29. The smallest absolute Gasteiger partial charge is 0.225 e. The molecule has 0 bridgehead atoms. The lowest BCUT2D eigenvalue weighted by Crippen LogP contribution is -2.51. The number of piperazine rings is 1. The van der Waals surface area contributed by atoms with E-state index in [2.05, 4.69) is 33.9 Å². The van der Waals surface area contributed by atoms with Crippen molar-refractivity contribution in [3.05, 3.63) is 0 Å². The molecule has 7 nitrogen and oxygen atoms in total. The first kappa shape index (κ1) is 24.7. The number of likely N-dealkylation sites (tertiary alicyclic amines) is 1. The molecule has 1 amide bonds. The number of guanidine groups is 1. The van der Waals surface area contributed by atoms with Crippen molar-refractivity contribution in [1.29, 1.82) is 0 Å². The van der Waals surface area contributed by atoms with Gasteiger partial charge in [-0.15, -0.1) is 24.0 Å². The zero-order valence-corrected chi connectivity index (χ0v) is 20.6. The second-order valence-electron chi connectivity index (χ2n) is 8.29. The summed E-state index contributed by atoms with van der Waals surface area (Å²) in [5.74, 6) is 2.38. The third-order valence-corrected chi connectivity index (χ3v) is 6.29. The molecule has 168 valence electrons. The molecule has 8 heteroatoms. The van der Waals surface area contributed by atoms with Crippen LogP contribution in [0.25, 0.3) is 0 Å². The van der Waals surface area contributed by atoms with Gasteiger partial charge in [-0.2, -0.15) is 0 Å². The summed E-state index contributed by atoms with van der Waals surface area (Å²) in [6, 6.07) is 0. The standard InChI is InChI=1S/C21H39N5O2.HI/c1-3-22-21(26-10-8-18(16-26)17-28-4-2)23-9-11-24-12-14-25(15-13-24)20(27)19-6-5-7-19;/h18-19H,3-17H2,1-2H3,(H,22,23);1H. The molecule has 3 aliphatic rings. The van der Waals surface area contributed by atoms with Crippen molar-refractivity contribution < 1.29 is 9.53 Å². The summed E-state index contributed by atoms with van der Waals surface area (Å²) in [7, 11) is 0. The number of nitrogens with zero attached hydrogens (tertiary/aromatic N) is 4. The molecule has 0 aromatic carbocycles. The van der Waals surface area contributed by atoms with E-state index < -0.39 is 0 Å². The predicted molar refractivity (Wildman–Crippen MR) is 128 cm³/mol. The number of nitrogens with one attached hydrogen (secondary N) is 1. The number of carbonyl (C=O) groups is 1. The molecular formula is C21H40IN5O2. The Labute approximate surface area is 193 Å². The van der Waals surface area contributed by atoms with Crippen molar-refractivity contribution in [2.24, 2.45) is 16.8 Å². The Morgan fingerprint density at radius 3 is 2.45 bits per heavy atom. The summed E-state index contributed by atoms with van der Waals surface area (Å²) in [4.78, 5) is 24.1. The molecule has 1 aliphatic carbocycles. The van der Waals surface area contributed by atoms with Gasteiger partial charge in [-0.3, -0.25) is 14.7 Å². The maximum absolute atomic E-state index is 12.4. The fourth-order valence-corrected chi connectivity index (χ4v) is 4.27. The van der Waals surface area contributed by atoms with Crippen molar-refractivity contribution >= 4 is 35.8 Å². The second kappa shape index (κ2) is 12.9. The third-order valence-electron chi connectivity index (χ3n) is 6.29. The number of ether oxygens (including phenoxy) is 1. The molecule has 0 aromatic rings. The Hall–Kier alpha value is -0.610. The van der Waals surface area contributed by atoms with Gasteiger partial charge in [0.05, 0.1) is 13.2 Å². The van der Waals surface area contributed by atoms with E-state index in [1.165, 1.54) is 12.8 Å². The molecule has 1 unspecified atom stereocenters. The molecule has 1 saturated carbocycles. The predicted octanol–water partition coefficient (Wildman–Crippen LogP) is 1.87. The summed E-state index contributed by atoms with van der Waals surface area (Å²) < 4.78 is 5.60. The van der Waals surface area contributed by atoms with E-state index in [4.69, 9.17) is 9.73 Å². The monoisotopic (exact) mass is 521 g/mol. The van der Waals surface area contributed by atoms with Gasteiger partial charge in [-0.05, 0) is 33.1 Å². The molecule has 0 spiro atoms. The highest BCUT2D eigenvalue weighted by molar-refractivity contribution is 14.0. The number of hydrogen-bond acceptors (Lipinski definition) is 4. The van der Waals surface area contributed by atoms with E-state index in [1.54, 1.807) is 0 Å². The van der Waals surface area contributed by atoms with Gasteiger partial charge in [0.15, 0.2) is 5.96 Å². The number of rotatable bonds is 8. The molecule has 0 aromatic heterocycles. The average molecular weight is 521 g/mol. The molecule has 2 heterocycles. The van der Waals surface area contributed by atoms with Crippen LogP contribution in [0.5, 0.6) is 0 Å². The molecule has 3 rings (SSSR count). The summed E-state index contributed by atoms with van der Waals surface area (Å²) in [6.45, 7) is 14.3. The summed E-state index contributed by atoms with van der Waals surface area (Å²) in [5.41, 5.74) is 0. The SMILES string of the molecule is CCNC(=NCCN1CCN(C(=O)C2CCC2)CC1)N1CCC(COCC)C1.I. The lowest BCUT2D eigenvalue weighted by Gasteiger charge is -2.38. The van der Waals surface area contributed by atoms with Gasteiger partial charge in [0, 0.05) is 70.8 Å². The van der Waals surface area contributed by atoms with Crippen molar-refractivity contribution in [2.75, 3.05) is 72.1 Å². The minimum Gasteiger partial charge on any atom is -0.381 e. The van der Waals surface area contributed by atoms with Gasteiger partial charge in [-0.25, -0.2) is 0 Å². The van der Waals surface area contributed by atoms with E-state index in [9.17, 15) is 4.79 Å². The maximum Gasteiger partial charge on any atom is 0.225 e. The average Bonchev–Trinajstić information content (AvgIpc) is 3.13. The van der Waals surface area contributed by atoms with Gasteiger partial charge in [0.2, 0.25) is 5.91 Å². The van der Waals surface area contributed by atoms with E-state index in [0.717, 1.165) is 90.9 Å². The fourth-order valence-electron chi connectivity index (χ4n) is 4.27. The quantitative estimate of drug-likeness (QED) is 0.300. The lowest BCUT2D eigenvalue weighted by atomic mass is 9.84. The van der Waals surface area contributed by atoms with Crippen LogP contribution in [0.15, 0.2) is 4.99 Å². The van der Waals surface area contributed by atoms with Crippen LogP contribution in [-0.2, 0) is 9.53 Å². The first-order chi connectivity index (χ1) is 13.7. The van der Waals surface area contributed by atoms with Crippen LogP contribution in [-0.4, -0.2) is 98.7 Å². The largest absolute Gasteiger partial charge is 0.381 e. The van der Waals surface area contributed by atoms with Gasteiger partial charge < -0.3 is 19.9 Å². The van der Waals surface area contributed by atoms with Crippen LogP contribution in [0.3, 0.4) is 0 Å². The van der Waals surface area contributed by atoms with Gasteiger partial charge in [-0.1, -0.05) is 6.42 Å². The highest BCUT2D eigenvalue weighted by atomic mass is 127. The molecular weight excluding hydrogens is 481 g/mol. The summed E-state index contributed by atoms with van der Waals surface area (Å²) in [6.07, 6.45) is 4.61. The molecule has 29 heavy (non-hydrogen) atoms. The lowest BCUT2D eigenvalue weighted by molar-refractivity contribution is -0.139. The molecule has 2 aliphatic heterocycles. The Morgan fingerprint density at radius 1 is 1.07 bits per heavy atom. The first-order valence-electron chi connectivity index (χ1n) is 11.3. The van der Waals surface area contributed by atoms with Crippen LogP contribution in [0, 0.1) is 11.8 Å². The fraction of sp³-hybridized carbons (Fsp3) is 0.905. The zero-order chi connectivity index (χ0) is 19.8. The van der Waals surface area contributed by atoms with Crippen LogP contribution in [0.4, 0.5) is 0 Å². The highest BCUT2D eigenvalue weighted by Gasteiger charge is 2.31. The summed E-state index contributed by atoms with van der Waals surface area (Å²) >= 11 is 0. The topological polar surface area (TPSA) is 60.4 Å². The van der Waals surface area contributed by atoms with Gasteiger partial charge in [0.25, 0.3) is 0 Å². The number of halogens is 1. The normalized spacial score (nSPS) is 23.7. The maximum atomic E-state index is 12.4. The van der Waals surface area contributed by atoms with Crippen molar-refractivity contribution in [3.8, 4) is 0 Å². The Bertz CT molecular complexity index is 521. The van der Waals surface area contributed by atoms with Crippen molar-refractivity contribution in [1.82, 2.24) is 20.0 Å². The minimum absolute atomic E-state index is 0. The van der Waals surface area contributed by atoms with E-state index in [1.807, 2.05) is 0 Å². The summed E-state index contributed by atoms with van der Waals surface area (Å²) in [5, 5.41) is 3.45. The Balaban J connectivity index is 0.00000300. The molecule has 1 N–H and O–H groups in total. The first-order valence-corrected chi connectivity index (χ1v) is 11.3. The van der Waals surface area contributed by atoms with Crippen molar-refractivity contribution in [2.45, 2.75) is 39.5 Å². The number of amides is 1. The van der Waals surface area contributed by atoms with Crippen LogP contribution in [0.1, 0.15) is 39.5 Å². The molecule has 1 atom stereocenters. The highest BCUT2D eigenvalue weighted by Crippen LogP contribution is 2.28.